The third-order valence-electron chi connectivity index (χ3n) is 4.38. The summed E-state index contributed by atoms with van der Waals surface area (Å²) in [6.45, 7) is 2.32. The molecule has 0 amide bonds. The molecule has 0 saturated carbocycles. The first-order chi connectivity index (χ1) is 13.3. The predicted octanol–water partition coefficient (Wildman–Crippen LogP) is 2.15. The third kappa shape index (κ3) is 4.92. The molecule has 2 heterocycles. The van der Waals surface area contributed by atoms with Crippen molar-refractivity contribution >= 4 is 48.7 Å². The SMILES string of the molecule is CCOC(=O)c1oc2ccc(Br)cc2c1COC(=O)CN1CCS(=O)(=O)CC1. The van der Waals surface area contributed by atoms with Crippen molar-refractivity contribution in [2.24, 2.45) is 0 Å². The smallest absolute Gasteiger partial charge is 0.374 e. The first-order valence-corrected chi connectivity index (χ1v) is 11.4. The van der Waals surface area contributed by atoms with Crippen LogP contribution in [-0.2, 0) is 30.7 Å². The largest absolute Gasteiger partial charge is 0.460 e. The van der Waals surface area contributed by atoms with Crippen molar-refractivity contribution in [2.45, 2.75) is 13.5 Å². The summed E-state index contributed by atoms with van der Waals surface area (Å²) in [4.78, 5) is 26.2. The quantitative estimate of drug-likeness (QED) is 0.587. The monoisotopic (exact) mass is 473 g/mol. The van der Waals surface area contributed by atoms with E-state index in [2.05, 4.69) is 15.9 Å². The topological polar surface area (TPSA) is 103 Å². The summed E-state index contributed by atoms with van der Waals surface area (Å²) in [6, 6.07) is 5.27. The summed E-state index contributed by atoms with van der Waals surface area (Å²) in [5.74, 6) is -1.05. The molecule has 1 fully saturated rings. The van der Waals surface area contributed by atoms with Crippen molar-refractivity contribution < 1.29 is 31.9 Å². The van der Waals surface area contributed by atoms with Gasteiger partial charge in [-0.05, 0) is 25.1 Å². The van der Waals surface area contributed by atoms with Gasteiger partial charge in [-0.25, -0.2) is 13.2 Å². The molecule has 0 radical (unpaired) electrons. The van der Waals surface area contributed by atoms with E-state index in [0.717, 1.165) is 4.47 Å². The van der Waals surface area contributed by atoms with Gasteiger partial charge in [0, 0.05) is 22.9 Å². The first kappa shape index (κ1) is 20.8. The molecule has 1 aliphatic heterocycles. The Hall–Kier alpha value is -1.91. The van der Waals surface area contributed by atoms with Gasteiger partial charge in [-0.1, -0.05) is 15.9 Å². The fourth-order valence-electron chi connectivity index (χ4n) is 2.91. The normalized spacial score (nSPS) is 16.8. The van der Waals surface area contributed by atoms with Crippen LogP contribution in [0.15, 0.2) is 27.1 Å². The highest BCUT2D eigenvalue weighted by molar-refractivity contribution is 9.10. The molecule has 1 aromatic heterocycles. The van der Waals surface area contributed by atoms with E-state index in [-0.39, 0.29) is 37.0 Å². The van der Waals surface area contributed by atoms with Gasteiger partial charge in [0.15, 0.2) is 9.84 Å². The maximum Gasteiger partial charge on any atom is 0.374 e. The Kier molecular flexibility index (Phi) is 6.41. The number of hydrogen-bond acceptors (Lipinski definition) is 8. The highest BCUT2D eigenvalue weighted by Gasteiger charge is 2.25. The summed E-state index contributed by atoms with van der Waals surface area (Å²) in [5, 5.41) is 0.647. The summed E-state index contributed by atoms with van der Waals surface area (Å²) in [7, 11) is -3.01. The number of hydrogen-bond donors (Lipinski definition) is 0. The molecule has 152 valence electrons. The van der Waals surface area contributed by atoms with E-state index in [9.17, 15) is 18.0 Å². The summed E-state index contributed by atoms with van der Waals surface area (Å²) in [6.07, 6.45) is 0. The van der Waals surface area contributed by atoms with Crippen LogP contribution in [0.5, 0.6) is 0 Å². The standard InChI is InChI=1S/C18H20BrNO7S/c1-2-25-18(22)17-14(13-9-12(19)3-4-15(13)27-17)11-26-16(21)10-20-5-7-28(23,24)8-6-20/h3-4,9H,2,5-8,10-11H2,1H3. The number of furan rings is 1. The summed E-state index contributed by atoms with van der Waals surface area (Å²) in [5.41, 5.74) is 0.919. The van der Waals surface area contributed by atoms with Crippen molar-refractivity contribution in [1.29, 1.82) is 0 Å². The van der Waals surface area contributed by atoms with Crippen LogP contribution >= 0.6 is 15.9 Å². The molecule has 3 rings (SSSR count). The molecule has 0 bridgehead atoms. The number of nitrogens with zero attached hydrogens (tertiary/aromatic N) is 1. The zero-order chi connectivity index (χ0) is 20.3. The number of esters is 2. The molecule has 10 heteroatoms. The van der Waals surface area contributed by atoms with Crippen LogP contribution in [0, 0.1) is 0 Å². The Morgan fingerprint density at radius 3 is 2.61 bits per heavy atom. The van der Waals surface area contributed by atoms with Gasteiger partial charge in [0.1, 0.15) is 12.2 Å². The van der Waals surface area contributed by atoms with Gasteiger partial charge in [0.2, 0.25) is 5.76 Å². The average Bonchev–Trinajstić information content (AvgIpc) is 3.00. The molecule has 0 N–H and O–H groups in total. The van der Waals surface area contributed by atoms with E-state index in [1.807, 2.05) is 0 Å². The highest BCUT2D eigenvalue weighted by atomic mass is 79.9. The van der Waals surface area contributed by atoms with E-state index in [0.29, 0.717) is 29.6 Å². The number of fused-ring (bicyclic) bond motifs is 1. The molecular formula is C18H20BrNO7S. The maximum absolute atomic E-state index is 12.2. The number of carbonyl (C=O) groups excluding carboxylic acids is 2. The minimum Gasteiger partial charge on any atom is -0.460 e. The lowest BCUT2D eigenvalue weighted by Crippen LogP contribution is -2.43. The molecule has 0 atom stereocenters. The molecule has 0 spiro atoms. The molecule has 0 aliphatic carbocycles. The van der Waals surface area contributed by atoms with Crippen LogP contribution in [0.2, 0.25) is 0 Å². The van der Waals surface area contributed by atoms with Crippen molar-refractivity contribution in [3.05, 3.63) is 34.0 Å². The summed E-state index contributed by atoms with van der Waals surface area (Å²) >= 11 is 3.38. The Balaban J connectivity index is 1.72. The second-order valence-electron chi connectivity index (χ2n) is 6.36. The van der Waals surface area contributed by atoms with Crippen LogP contribution in [0.25, 0.3) is 11.0 Å². The van der Waals surface area contributed by atoms with Gasteiger partial charge in [-0.15, -0.1) is 0 Å². The molecular weight excluding hydrogens is 454 g/mol. The molecule has 0 unspecified atom stereocenters. The highest BCUT2D eigenvalue weighted by Crippen LogP contribution is 2.30. The van der Waals surface area contributed by atoms with Crippen molar-refractivity contribution in [2.75, 3.05) is 37.7 Å². The second kappa shape index (κ2) is 8.62. The molecule has 28 heavy (non-hydrogen) atoms. The van der Waals surface area contributed by atoms with Crippen molar-refractivity contribution in [3.63, 3.8) is 0 Å². The molecule has 8 nitrogen and oxygen atoms in total. The lowest BCUT2D eigenvalue weighted by atomic mass is 10.1. The van der Waals surface area contributed by atoms with Crippen molar-refractivity contribution in [1.82, 2.24) is 4.90 Å². The number of rotatable bonds is 6. The van der Waals surface area contributed by atoms with Gasteiger partial charge in [-0.3, -0.25) is 9.69 Å². The van der Waals surface area contributed by atoms with E-state index < -0.39 is 21.8 Å². The lowest BCUT2D eigenvalue weighted by molar-refractivity contribution is -0.146. The zero-order valence-corrected chi connectivity index (χ0v) is 17.7. The minimum atomic E-state index is -3.01. The fraction of sp³-hybridized carbons (Fsp3) is 0.444. The predicted molar refractivity (Wildman–Crippen MR) is 105 cm³/mol. The molecule has 1 aromatic carbocycles. The van der Waals surface area contributed by atoms with E-state index in [4.69, 9.17) is 13.9 Å². The third-order valence-corrected chi connectivity index (χ3v) is 6.48. The minimum absolute atomic E-state index is 0.00631. The maximum atomic E-state index is 12.2. The van der Waals surface area contributed by atoms with E-state index >= 15 is 0 Å². The number of sulfone groups is 1. The Bertz CT molecular complexity index is 985. The Morgan fingerprint density at radius 1 is 1.21 bits per heavy atom. The first-order valence-electron chi connectivity index (χ1n) is 8.75. The molecule has 2 aromatic rings. The Labute approximate surface area is 170 Å². The van der Waals surface area contributed by atoms with E-state index in [1.165, 1.54) is 0 Å². The zero-order valence-electron chi connectivity index (χ0n) is 15.3. The van der Waals surface area contributed by atoms with Gasteiger partial charge in [-0.2, -0.15) is 0 Å². The lowest BCUT2D eigenvalue weighted by Gasteiger charge is -2.25. The number of benzene rings is 1. The number of carbonyl (C=O) groups is 2. The van der Waals surface area contributed by atoms with Crippen LogP contribution in [-0.4, -0.2) is 63.0 Å². The van der Waals surface area contributed by atoms with Crippen LogP contribution in [0.4, 0.5) is 0 Å². The van der Waals surface area contributed by atoms with Crippen LogP contribution in [0.3, 0.4) is 0 Å². The molecule has 1 saturated heterocycles. The number of halogens is 1. The Morgan fingerprint density at radius 2 is 1.93 bits per heavy atom. The van der Waals surface area contributed by atoms with Crippen molar-refractivity contribution in [3.8, 4) is 0 Å². The molecule has 1 aliphatic rings. The average molecular weight is 474 g/mol. The van der Waals surface area contributed by atoms with Gasteiger partial charge < -0.3 is 13.9 Å². The van der Waals surface area contributed by atoms with E-state index in [1.54, 1.807) is 30.0 Å². The number of ether oxygens (including phenoxy) is 2. The van der Waals surface area contributed by atoms with Gasteiger partial charge in [0.25, 0.3) is 0 Å². The summed E-state index contributed by atoms with van der Waals surface area (Å²) < 4.78 is 39.7. The van der Waals surface area contributed by atoms with Gasteiger partial charge >= 0.3 is 11.9 Å². The second-order valence-corrected chi connectivity index (χ2v) is 9.58. The van der Waals surface area contributed by atoms with Gasteiger partial charge in [0.05, 0.1) is 30.2 Å². The fourth-order valence-corrected chi connectivity index (χ4v) is 4.55. The van der Waals surface area contributed by atoms with Crippen LogP contribution < -0.4 is 0 Å². The van der Waals surface area contributed by atoms with Crippen LogP contribution in [0.1, 0.15) is 23.0 Å².